The number of nitrogens with zero attached hydrogens (tertiary/aromatic N) is 1. The van der Waals surface area contributed by atoms with Crippen molar-refractivity contribution in [3.8, 4) is 5.75 Å². The SMILES string of the molecule is COc1ccccc1C1=NO[C@](C)(C(=O)NCCc2ccc(C(F)(F)F)cc2)C1. The highest BCUT2D eigenvalue weighted by Gasteiger charge is 2.42. The first-order valence-electron chi connectivity index (χ1n) is 9.06. The first-order valence-corrected chi connectivity index (χ1v) is 9.06. The Hall–Kier alpha value is -3.03. The molecule has 1 N–H and O–H groups in total. The van der Waals surface area contributed by atoms with Crippen LogP contribution in [0.2, 0.25) is 0 Å². The molecule has 1 atom stereocenters. The average Bonchev–Trinajstić information content (AvgIpc) is 3.11. The topological polar surface area (TPSA) is 59.9 Å². The Morgan fingerprint density at radius 1 is 1.21 bits per heavy atom. The Morgan fingerprint density at radius 2 is 1.90 bits per heavy atom. The van der Waals surface area contributed by atoms with Gasteiger partial charge < -0.3 is 14.9 Å². The molecule has 1 aliphatic heterocycles. The number of carbonyl (C=O) groups is 1. The van der Waals surface area contributed by atoms with Gasteiger partial charge in [0.05, 0.1) is 18.4 Å². The molecule has 2 aromatic rings. The standard InChI is InChI=1S/C21H21F3N2O3/c1-20(13-17(26-29-20)16-5-3-4-6-18(16)28-2)19(27)25-12-11-14-7-9-15(10-8-14)21(22,23)24/h3-10H,11-13H2,1-2H3,(H,25,27)/t20-/m0/s1. The van der Waals surface area contributed by atoms with Crippen molar-refractivity contribution in [3.63, 3.8) is 0 Å². The summed E-state index contributed by atoms with van der Waals surface area (Å²) in [7, 11) is 1.56. The van der Waals surface area contributed by atoms with E-state index in [0.29, 0.717) is 23.4 Å². The molecule has 0 fully saturated rings. The normalized spacial score (nSPS) is 18.7. The maximum atomic E-state index is 12.6. The molecule has 0 unspecified atom stereocenters. The van der Waals surface area contributed by atoms with Crippen LogP contribution in [0.25, 0.3) is 0 Å². The summed E-state index contributed by atoms with van der Waals surface area (Å²) in [6, 6.07) is 12.2. The Kier molecular flexibility index (Phi) is 5.81. The third-order valence-electron chi connectivity index (χ3n) is 4.74. The minimum absolute atomic E-state index is 0.271. The van der Waals surface area contributed by atoms with Crippen LogP contribution >= 0.6 is 0 Å². The van der Waals surface area contributed by atoms with E-state index in [-0.39, 0.29) is 18.9 Å². The van der Waals surface area contributed by atoms with Gasteiger partial charge in [-0.15, -0.1) is 0 Å². The Labute approximate surface area is 166 Å². The Balaban J connectivity index is 1.55. The van der Waals surface area contributed by atoms with Gasteiger partial charge >= 0.3 is 6.18 Å². The van der Waals surface area contributed by atoms with Gasteiger partial charge in [-0.2, -0.15) is 13.2 Å². The van der Waals surface area contributed by atoms with E-state index in [4.69, 9.17) is 9.57 Å². The number of hydrogen-bond acceptors (Lipinski definition) is 4. The first-order chi connectivity index (χ1) is 13.7. The van der Waals surface area contributed by atoms with Gasteiger partial charge in [0.1, 0.15) is 5.75 Å². The number of oxime groups is 1. The van der Waals surface area contributed by atoms with E-state index in [1.165, 1.54) is 12.1 Å². The molecule has 2 aromatic carbocycles. The van der Waals surface area contributed by atoms with E-state index in [1.54, 1.807) is 20.1 Å². The highest BCUT2D eigenvalue weighted by atomic mass is 19.4. The number of nitrogens with one attached hydrogen (secondary N) is 1. The molecule has 154 valence electrons. The molecule has 0 aromatic heterocycles. The number of para-hydroxylation sites is 1. The third-order valence-corrected chi connectivity index (χ3v) is 4.74. The maximum absolute atomic E-state index is 12.6. The molecule has 0 radical (unpaired) electrons. The quantitative estimate of drug-likeness (QED) is 0.790. The molecule has 1 heterocycles. The fraction of sp³-hybridized carbons (Fsp3) is 0.333. The monoisotopic (exact) mass is 406 g/mol. The van der Waals surface area contributed by atoms with Crippen molar-refractivity contribution in [1.29, 1.82) is 0 Å². The number of rotatable bonds is 6. The molecule has 1 amide bonds. The Morgan fingerprint density at radius 3 is 2.55 bits per heavy atom. The van der Waals surface area contributed by atoms with Crippen molar-refractivity contribution in [1.82, 2.24) is 5.32 Å². The van der Waals surface area contributed by atoms with Crippen LogP contribution in [0, 0.1) is 0 Å². The Bertz CT molecular complexity index is 910. The molecule has 29 heavy (non-hydrogen) atoms. The first kappa shape index (κ1) is 20.7. The molecular formula is C21H21F3N2O3. The summed E-state index contributed by atoms with van der Waals surface area (Å²) >= 11 is 0. The fourth-order valence-electron chi connectivity index (χ4n) is 3.06. The summed E-state index contributed by atoms with van der Waals surface area (Å²) in [6.45, 7) is 1.92. The number of hydrogen-bond donors (Lipinski definition) is 1. The predicted octanol–water partition coefficient (Wildman–Crippen LogP) is 3.96. The zero-order valence-corrected chi connectivity index (χ0v) is 16.0. The number of halogens is 3. The number of methoxy groups -OCH3 is 1. The van der Waals surface area contributed by atoms with Gasteiger partial charge in [0.2, 0.25) is 5.60 Å². The fourth-order valence-corrected chi connectivity index (χ4v) is 3.06. The van der Waals surface area contributed by atoms with Gasteiger partial charge in [-0.1, -0.05) is 29.4 Å². The molecule has 0 spiro atoms. The summed E-state index contributed by atoms with van der Waals surface area (Å²) in [6.07, 6.45) is -3.68. The van der Waals surface area contributed by atoms with Crippen molar-refractivity contribution in [2.24, 2.45) is 5.16 Å². The van der Waals surface area contributed by atoms with Crippen molar-refractivity contribution in [3.05, 3.63) is 65.2 Å². The molecule has 1 aliphatic rings. The van der Waals surface area contributed by atoms with Gasteiger partial charge in [0.15, 0.2) is 0 Å². The van der Waals surface area contributed by atoms with E-state index in [2.05, 4.69) is 10.5 Å². The molecule has 5 nitrogen and oxygen atoms in total. The van der Waals surface area contributed by atoms with E-state index < -0.39 is 17.3 Å². The second kappa shape index (κ2) is 8.14. The van der Waals surface area contributed by atoms with E-state index >= 15 is 0 Å². The predicted molar refractivity (Wildman–Crippen MR) is 102 cm³/mol. The molecule has 0 aliphatic carbocycles. The van der Waals surface area contributed by atoms with E-state index in [0.717, 1.165) is 17.7 Å². The number of ether oxygens (including phenoxy) is 1. The lowest BCUT2D eigenvalue weighted by atomic mass is 9.94. The second-order valence-corrected chi connectivity index (χ2v) is 6.94. The summed E-state index contributed by atoms with van der Waals surface area (Å²) in [5.41, 5.74) is 0.218. The third kappa shape index (κ3) is 4.70. The molecular weight excluding hydrogens is 385 g/mol. The van der Waals surface area contributed by atoms with Crippen LogP contribution in [0.15, 0.2) is 53.7 Å². The zero-order valence-electron chi connectivity index (χ0n) is 16.0. The van der Waals surface area contributed by atoms with Gasteiger partial charge in [-0.25, -0.2) is 0 Å². The number of carbonyl (C=O) groups excluding carboxylic acids is 1. The lowest BCUT2D eigenvalue weighted by Gasteiger charge is -2.20. The number of alkyl halides is 3. The summed E-state index contributed by atoms with van der Waals surface area (Å²) in [5, 5.41) is 6.83. The van der Waals surface area contributed by atoms with Crippen molar-refractivity contribution in [2.75, 3.05) is 13.7 Å². The van der Waals surface area contributed by atoms with Crippen molar-refractivity contribution >= 4 is 11.6 Å². The van der Waals surface area contributed by atoms with Crippen LogP contribution in [-0.2, 0) is 22.2 Å². The van der Waals surface area contributed by atoms with Crippen LogP contribution in [-0.4, -0.2) is 30.9 Å². The largest absolute Gasteiger partial charge is 0.496 e. The van der Waals surface area contributed by atoms with Crippen molar-refractivity contribution < 1.29 is 27.5 Å². The number of benzene rings is 2. The molecule has 8 heteroatoms. The lowest BCUT2D eigenvalue weighted by Crippen LogP contribution is -2.45. The average molecular weight is 406 g/mol. The van der Waals surface area contributed by atoms with E-state index in [1.807, 2.05) is 18.2 Å². The maximum Gasteiger partial charge on any atom is 0.416 e. The van der Waals surface area contributed by atoms with Crippen LogP contribution in [0.4, 0.5) is 13.2 Å². The molecule has 0 saturated carbocycles. The van der Waals surface area contributed by atoms with Crippen LogP contribution < -0.4 is 10.1 Å². The molecule has 0 saturated heterocycles. The highest BCUT2D eigenvalue weighted by molar-refractivity contribution is 6.07. The van der Waals surface area contributed by atoms with Gasteiger partial charge in [-0.3, -0.25) is 4.79 Å². The second-order valence-electron chi connectivity index (χ2n) is 6.94. The summed E-state index contributed by atoms with van der Waals surface area (Å²) in [4.78, 5) is 18.0. The van der Waals surface area contributed by atoms with Gasteiger partial charge in [0.25, 0.3) is 5.91 Å². The summed E-state index contributed by atoms with van der Waals surface area (Å²) in [5.74, 6) is 0.305. The smallest absolute Gasteiger partial charge is 0.416 e. The summed E-state index contributed by atoms with van der Waals surface area (Å²) < 4.78 is 43.1. The minimum Gasteiger partial charge on any atom is -0.496 e. The van der Waals surface area contributed by atoms with Crippen molar-refractivity contribution in [2.45, 2.75) is 31.5 Å². The van der Waals surface area contributed by atoms with Gasteiger partial charge in [-0.05, 0) is 43.2 Å². The minimum atomic E-state index is -4.36. The van der Waals surface area contributed by atoms with Crippen LogP contribution in [0.5, 0.6) is 5.75 Å². The molecule has 3 rings (SSSR count). The highest BCUT2D eigenvalue weighted by Crippen LogP contribution is 2.31. The van der Waals surface area contributed by atoms with Crippen LogP contribution in [0.1, 0.15) is 30.0 Å². The van der Waals surface area contributed by atoms with E-state index in [9.17, 15) is 18.0 Å². The lowest BCUT2D eigenvalue weighted by molar-refractivity contribution is -0.141. The van der Waals surface area contributed by atoms with Crippen LogP contribution in [0.3, 0.4) is 0 Å². The molecule has 0 bridgehead atoms. The zero-order chi connectivity index (χ0) is 21.1. The number of amides is 1. The van der Waals surface area contributed by atoms with Gasteiger partial charge in [0, 0.05) is 18.5 Å².